The lowest BCUT2D eigenvalue weighted by atomic mass is 10.1. The molecule has 0 saturated carbocycles. The van der Waals surface area contributed by atoms with Crippen molar-refractivity contribution in [3.05, 3.63) is 30.4 Å². The Kier molecular flexibility index (Phi) is 6.93. The summed E-state index contributed by atoms with van der Waals surface area (Å²) in [6.45, 7) is 4.81. The van der Waals surface area contributed by atoms with Crippen molar-refractivity contribution in [2.24, 2.45) is 7.05 Å². The third-order valence-electron chi connectivity index (χ3n) is 5.48. The molecule has 33 heavy (non-hydrogen) atoms. The lowest BCUT2D eigenvalue weighted by Crippen LogP contribution is -2.35. The van der Waals surface area contributed by atoms with E-state index in [-0.39, 0.29) is 36.5 Å². The second-order valence-corrected chi connectivity index (χ2v) is 7.75. The number of aromatic nitrogens is 3. The van der Waals surface area contributed by atoms with Gasteiger partial charge in [-0.3, -0.25) is 9.58 Å². The predicted molar refractivity (Wildman–Crippen MR) is 120 cm³/mol. The Hall–Kier alpha value is -3.40. The molecule has 1 fully saturated rings. The maximum Gasteiger partial charge on any atom is 0.414 e. The van der Waals surface area contributed by atoms with Gasteiger partial charge in [0.2, 0.25) is 11.5 Å². The van der Waals surface area contributed by atoms with Crippen LogP contribution in [0.1, 0.15) is 43.7 Å². The van der Waals surface area contributed by atoms with E-state index in [1.165, 1.54) is 4.90 Å². The monoisotopic (exact) mass is 456 g/mol. The second kappa shape index (κ2) is 10.0. The van der Waals surface area contributed by atoms with E-state index in [1.54, 1.807) is 30.9 Å². The fourth-order valence-corrected chi connectivity index (χ4v) is 3.94. The van der Waals surface area contributed by atoms with Gasteiger partial charge in [0, 0.05) is 43.7 Å². The van der Waals surface area contributed by atoms with E-state index < -0.39 is 12.1 Å². The number of rotatable bonds is 8. The van der Waals surface area contributed by atoms with Gasteiger partial charge in [0.1, 0.15) is 5.69 Å². The molecule has 0 aliphatic carbocycles. The van der Waals surface area contributed by atoms with Gasteiger partial charge in [0.05, 0.1) is 30.9 Å². The number of amides is 1. The number of hydrogen-bond donors (Lipinski definition) is 0. The van der Waals surface area contributed by atoms with Gasteiger partial charge < -0.3 is 18.6 Å². The highest BCUT2D eigenvalue weighted by Gasteiger charge is 2.32. The van der Waals surface area contributed by atoms with Gasteiger partial charge in [-0.2, -0.15) is 5.10 Å². The molecule has 0 spiro atoms. The fraction of sp³-hybridized carbons (Fsp3) is 0.478. The number of esters is 1. The summed E-state index contributed by atoms with van der Waals surface area (Å²) in [5.74, 6) is -0.747. The number of furan rings is 1. The van der Waals surface area contributed by atoms with Gasteiger partial charge in [-0.15, -0.1) is 0 Å². The van der Waals surface area contributed by atoms with Gasteiger partial charge >= 0.3 is 12.1 Å². The molecule has 1 amide bonds. The summed E-state index contributed by atoms with van der Waals surface area (Å²) in [4.78, 5) is 31.6. The van der Waals surface area contributed by atoms with Crippen LogP contribution in [0, 0.1) is 0 Å². The number of hydrogen-bond acceptors (Lipinski definition) is 8. The van der Waals surface area contributed by atoms with Crippen molar-refractivity contribution in [1.82, 2.24) is 14.8 Å². The molecule has 3 aromatic heterocycles. The maximum atomic E-state index is 13.0. The lowest BCUT2D eigenvalue weighted by Gasteiger charge is -2.23. The molecule has 4 heterocycles. The number of carbonyl (C=O) groups excluding carboxylic acids is 2. The highest BCUT2D eigenvalue weighted by Crippen LogP contribution is 2.37. The molecule has 176 valence electrons. The normalized spacial score (nSPS) is 15.7. The Morgan fingerprint density at radius 2 is 2.03 bits per heavy atom. The number of aryl methyl sites for hydroxylation is 1. The average Bonchev–Trinajstić information content (AvgIpc) is 3.54. The standard InChI is InChI=1S/C23H28N4O6/c1-4-30-22(28)20-19(27(23(29)31-5-2)9-8-17-7-6-10-32-17)18-11-15(12-24-21(18)33-20)16-13-25-26(3)14-16/h11-14,17H,4-10H2,1-3H3/t17-/m0/s1. The Balaban J connectivity index is 1.81. The van der Waals surface area contributed by atoms with Crippen LogP contribution in [-0.4, -0.2) is 59.3 Å². The predicted octanol–water partition coefficient (Wildman–Crippen LogP) is 3.94. The van der Waals surface area contributed by atoms with E-state index in [2.05, 4.69) is 10.1 Å². The topological polar surface area (TPSA) is 109 Å². The number of ether oxygens (including phenoxy) is 3. The molecule has 0 N–H and O–H groups in total. The molecule has 4 rings (SSSR count). The Bertz CT molecular complexity index is 1130. The molecule has 1 saturated heterocycles. The summed E-state index contributed by atoms with van der Waals surface area (Å²) < 4.78 is 23.7. The number of pyridine rings is 1. The Labute approximate surface area is 191 Å². The van der Waals surface area contributed by atoms with Gasteiger partial charge in [-0.1, -0.05) is 0 Å². The SMILES string of the molecule is CCOC(=O)c1oc2ncc(-c3cnn(C)c3)cc2c1N(CC[C@@H]1CCCO1)C(=O)OCC. The first-order chi connectivity index (χ1) is 16.0. The summed E-state index contributed by atoms with van der Waals surface area (Å²) in [5.41, 5.74) is 2.14. The third kappa shape index (κ3) is 4.85. The van der Waals surface area contributed by atoms with Crippen LogP contribution in [-0.2, 0) is 21.3 Å². The van der Waals surface area contributed by atoms with E-state index >= 15 is 0 Å². The number of nitrogens with zero attached hydrogens (tertiary/aromatic N) is 4. The summed E-state index contributed by atoms with van der Waals surface area (Å²) >= 11 is 0. The molecule has 0 aromatic carbocycles. The highest BCUT2D eigenvalue weighted by molar-refractivity contribution is 6.09. The first kappa shape index (κ1) is 22.8. The van der Waals surface area contributed by atoms with Crippen LogP contribution < -0.4 is 4.90 Å². The van der Waals surface area contributed by atoms with Gasteiger partial charge in [0.15, 0.2) is 0 Å². The third-order valence-corrected chi connectivity index (χ3v) is 5.48. The lowest BCUT2D eigenvalue weighted by molar-refractivity contribution is 0.0493. The van der Waals surface area contributed by atoms with Crippen LogP contribution >= 0.6 is 0 Å². The average molecular weight is 456 g/mol. The zero-order chi connectivity index (χ0) is 23.4. The van der Waals surface area contributed by atoms with Crippen LogP contribution in [0.5, 0.6) is 0 Å². The van der Waals surface area contributed by atoms with E-state index in [0.29, 0.717) is 25.0 Å². The quantitative estimate of drug-likeness (QED) is 0.469. The molecule has 1 aliphatic rings. The minimum absolute atomic E-state index is 0.0511. The fourth-order valence-electron chi connectivity index (χ4n) is 3.94. The summed E-state index contributed by atoms with van der Waals surface area (Å²) in [6.07, 6.45) is 7.22. The van der Waals surface area contributed by atoms with E-state index in [4.69, 9.17) is 18.6 Å². The van der Waals surface area contributed by atoms with Crippen molar-refractivity contribution in [2.75, 3.05) is 31.3 Å². The molecule has 10 nitrogen and oxygen atoms in total. The summed E-state index contributed by atoms with van der Waals surface area (Å²) in [5, 5.41) is 4.72. The summed E-state index contributed by atoms with van der Waals surface area (Å²) in [6, 6.07) is 1.83. The molecule has 0 radical (unpaired) electrons. The number of fused-ring (bicyclic) bond motifs is 1. The van der Waals surface area contributed by atoms with Crippen molar-refractivity contribution < 1.29 is 28.2 Å². The molecule has 10 heteroatoms. The Morgan fingerprint density at radius 1 is 1.21 bits per heavy atom. The van der Waals surface area contributed by atoms with Crippen molar-refractivity contribution in [3.63, 3.8) is 0 Å². The zero-order valence-corrected chi connectivity index (χ0v) is 19.1. The van der Waals surface area contributed by atoms with Crippen LogP contribution in [0.15, 0.2) is 29.1 Å². The first-order valence-corrected chi connectivity index (χ1v) is 11.2. The van der Waals surface area contributed by atoms with E-state index in [0.717, 1.165) is 24.0 Å². The number of anilines is 1. The van der Waals surface area contributed by atoms with Crippen LogP contribution in [0.2, 0.25) is 0 Å². The summed E-state index contributed by atoms with van der Waals surface area (Å²) in [7, 11) is 1.82. The largest absolute Gasteiger partial charge is 0.460 e. The smallest absolute Gasteiger partial charge is 0.414 e. The van der Waals surface area contributed by atoms with E-state index in [9.17, 15) is 9.59 Å². The Morgan fingerprint density at radius 3 is 2.70 bits per heavy atom. The molecule has 3 aromatic rings. The van der Waals surface area contributed by atoms with Crippen LogP contribution in [0.3, 0.4) is 0 Å². The minimum Gasteiger partial charge on any atom is -0.460 e. The molecule has 1 atom stereocenters. The maximum absolute atomic E-state index is 13.0. The molecule has 0 unspecified atom stereocenters. The highest BCUT2D eigenvalue weighted by atomic mass is 16.6. The first-order valence-electron chi connectivity index (χ1n) is 11.2. The second-order valence-electron chi connectivity index (χ2n) is 7.75. The molecular weight excluding hydrogens is 428 g/mol. The molecule has 1 aliphatic heterocycles. The zero-order valence-electron chi connectivity index (χ0n) is 19.1. The molecular formula is C23H28N4O6. The number of carbonyl (C=O) groups is 2. The minimum atomic E-state index is -0.667. The van der Waals surface area contributed by atoms with Crippen LogP contribution in [0.4, 0.5) is 10.5 Å². The van der Waals surface area contributed by atoms with Crippen molar-refractivity contribution in [2.45, 2.75) is 39.2 Å². The van der Waals surface area contributed by atoms with Gasteiger partial charge in [-0.05, 0) is 39.2 Å². The van der Waals surface area contributed by atoms with Gasteiger partial charge in [-0.25, -0.2) is 14.6 Å². The van der Waals surface area contributed by atoms with Crippen LogP contribution in [0.25, 0.3) is 22.2 Å². The van der Waals surface area contributed by atoms with Gasteiger partial charge in [0.25, 0.3) is 0 Å². The van der Waals surface area contributed by atoms with Crippen molar-refractivity contribution in [3.8, 4) is 11.1 Å². The molecule has 0 bridgehead atoms. The van der Waals surface area contributed by atoms with Crippen molar-refractivity contribution in [1.29, 1.82) is 0 Å². The van der Waals surface area contributed by atoms with E-state index in [1.807, 2.05) is 19.3 Å². The van der Waals surface area contributed by atoms with Crippen molar-refractivity contribution >= 4 is 28.8 Å².